The predicted octanol–water partition coefficient (Wildman–Crippen LogP) is 3.10. The van der Waals surface area contributed by atoms with E-state index in [0.717, 1.165) is 18.4 Å². The number of aryl methyl sites for hydroxylation is 1. The lowest BCUT2D eigenvalue weighted by Crippen LogP contribution is -2.49. The van der Waals surface area contributed by atoms with Crippen molar-refractivity contribution in [2.45, 2.75) is 71.4 Å². The van der Waals surface area contributed by atoms with Gasteiger partial charge in [0.25, 0.3) is 0 Å². The molecular weight excluding hydrogens is 455 g/mol. The Hall–Kier alpha value is -0.900. The third-order valence-corrected chi connectivity index (χ3v) is 5.46. The van der Waals surface area contributed by atoms with Gasteiger partial charge in [-0.3, -0.25) is 0 Å². The van der Waals surface area contributed by atoms with Gasteiger partial charge in [-0.1, -0.05) is 24.4 Å². The molecule has 1 aliphatic heterocycles. The van der Waals surface area contributed by atoms with E-state index in [1.165, 1.54) is 64.6 Å². The van der Waals surface area contributed by atoms with Crippen molar-refractivity contribution in [1.29, 1.82) is 0 Å². The Bertz CT molecular complexity index is 564. The molecule has 0 unspecified atom stereocenters. The van der Waals surface area contributed by atoms with E-state index in [1.54, 1.807) is 6.92 Å². The lowest BCUT2D eigenvalue weighted by atomic mass is 9.88. The van der Waals surface area contributed by atoms with E-state index < -0.39 is 0 Å². The number of halogens is 1. The van der Waals surface area contributed by atoms with Gasteiger partial charge in [0, 0.05) is 39.1 Å². The number of rotatable bonds is 6. The lowest BCUT2D eigenvalue weighted by Gasteiger charge is -2.36. The van der Waals surface area contributed by atoms with Crippen LogP contribution in [-0.4, -0.2) is 53.2 Å². The van der Waals surface area contributed by atoms with Crippen LogP contribution in [0.15, 0.2) is 9.52 Å². The molecule has 154 valence electrons. The summed E-state index contributed by atoms with van der Waals surface area (Å²) in [5.74, 6) is 2.99. The fourth-order valence-electron chi connectivity index (χ4n) is 4.06. The van der Waals surface area contributed by atoms with Gasteiger partial charge >= 0.3 is 0 Å². The van der Waals surface area contributed by atoms with Crippen molar-refractivity contribution in [3.63, 3.8) is 0 Å². The number of piperidine rings is 1. The van der Waals surface area contributed by atoms with Crippen LogP contribution in [0.5, 0.6) is 0 Å². The van der Waals surface area contributed by atoms with Crippen LogP contribution in [0, 0.1) is 12.8 Å². The summed E-state index contributed by atoms with van der Waals surface area (Å²) in [5, 5.41) is 10.8. The summed E-state index contributed by atoms with van der Waals surface area (Å²) in [5.41, 5.74) is 0. The summed E-state index contributed by atoms with van der Waals surface area (Å²) in [6.45, 7) is 8.85. The van der Waals surface area contributed by atoms with Crippen LogP contribution in [0.25, 0.3) is 0 Å². The van der Waals surface area contributed by atoms with Crippen molar-refractivity contribution in [3.05, 3.63) is 11.7 Å². The maximum atomic E-state index is 5.00. The highest BCUT2D eigenvalue weighted by atomic mass is 127. The first-order chi connectivity index (χ1) is 12.7. The first kappa shape index (κ1) is 22.4. The molecule has 0 spiro atoms. The van der Waals surface area contributed by atoms with Crippen molar-refractivity contribution in [2.75, 3.05) is 26.2 Å². The molecule has 1 aromatic heterocycles. The summed E-state index contributed by atoms with van der Waals surface area (Å²) >= 11 is 0. The van der Waals surface area contributed by atoms with Crippen LogP contribution in [0.4, 0.5) is 0 Å². The minimum Gasteiger partial charge on any atom is -0.357 e. The van der Waals surface area contributed by atoms with Crippen molar-refractivity contribution >= 4 is 29.9 Å². The summed E-state index contributed by atoms with van der Waals surface area (Å²) in [7, 11) is 0. The number of likely N-dealkylation sites (tertiary alicyclic amines) is 1. The second-order valence-corrected chi connectivity index (χ2v) is 7.65. The maximum absolute atomic E-state index is 5.00. The molecule has 27 heavy (non-hydrogen) atoms. The number of nitrogens with zero attached hydrogens (tertiary/aromatic N) is 4. The molecule has 1 aliphatic carbocycles. The highest BCUT2D eigenvalue weighted by Crippen LogP contribution is 2.25. The molecule has 0 radical (unpaired) electrons. The molecular formula is C19H35IN6O. The lowest BCUT2D eigenvalue weighted by molar-refractivity contribution is 0.160. The van der Waals surface area contributed by atoms with Gasteiger partial charge in [0.2, 0.25) is 5.89 Å². The average Bonchev–Trinajstić information content (AvgIpc) is 3.08. The van der Waals surface area contributed by atoms with Crippen molar-refractivity contribution < 1.29 is 4.52 Å². The molecule has 0 aromatic carbocycles. The quantitative estimate of drug-likeness (QED) is 0.363. The Balaban J connectivity index is 0.00000261. The standard InChI is InChI=1S/C19H34N6O.HI/c1-3-20-19(21-13-18-22-15(2)26-24-18)23-17-9-11-25(12-10-17)14-16-7-5-4-6-8-16;/h16-17H,3-14H2,1-2H3,(H2,20,21,23);1H. The van der Waals surface area contributed by atoms with Gasteiger partial charge in [0.05, 0.1) is 0 Å². The van der Waals surface area contributed by atoms with E-state index in [1.807, 2.05) is 0 Å². The van der Waals surface area contributed by atoms with Crippen molar-refractivity contribution in [3.8, 4) is 0 Å². The Morgan fingerprint density at radius 2 is 1.93 bits per heavy atom. The highest BCUT2D eigenvalue weighted by Gasteiger charge is 2.23. The maximum Gasteiger partial charge on any atom is 0.223 e. The molecule has 0 amide bonds. The third kappa shape index (κ3) is 7.56. The smallest absolute Gasteiger partial charge is 0.223 e. The zero-order valence-corrected chi connectivity index (χ0v) is 19.1. The van der Waals surface area contributed by atoms with Crippen LogP contribution in [0.1, 0.15) is 63.6 Å². The van der Waals surface area contributed by atoms with Gasteiger partial charge in [-0.15, -0.1) is 24.0 Å². The molecule has 7 nitrogen and oxygen atoms in total. The Morgan fingerprint density at radius 3 is 2.56 bits per heavy atom. The van der Waals surface area contributed by atoms with Gasteiger partial charge < -0.3 is 20.1 Å². The van der Waals surface area contributed by atoms with E-state index in [4.69, 9.17) is 4.52 Å². The molecule has 1 aromatic rings. The topological polar surface area (TPSA) is 78.6 Å². The van der Waals surface area contributed by atoms with Crippen molar-refractivity contribution in [2.24, 2.45) is 10.9 Å². The zero-order chi connectivity index (χ0) is 18.2. The normalized spacial score (nSPS) is 20.3. The highest BCUT2D eigenvalue weighted by molar-refractivity contribution is 14.0. The number of guanidine groups is 1. The number of hydrogen-bond donors (Lipinski definition) is 2. The summed E-state index contributed by atoms with van der Waals surface area (Å²) < 4.78 is 5.00. The monoisotopic (exact) mass is 490 g/mol. The minimum atomic E-state index is 0. The summed E-state index contributed by atoms with van der Waals surface area (Å²) in [6, 6.07) is 0.488. The second-order valence-electron chi connectivity index (χ2n) is 7.65. The Kier molecular flexibility index (Phi) is 9.81. The molecule has 3 rings (SSSR count). The van der Waals surface area contributed by atoms with Crippen molar-refractivity contribution in [1.82, 2.24) is 25.7 Å². The van der Waals surface area contributed by atoms with Crippen LogP contribution in [0.2, 0.25) is 0 Å². The number of hydrogen-bond acceptors (Lipinski definition) is 5. The molecule has 0 atom stereocenters. The molecule has 1 saturated heterocycles. The Morgan fingerprint density at radius 1 is 1.19 bits per heavy atom. The molecule has 2 heterocycles. The first-order valence-electron chi connectivity index (χ1n) is 10.3. The van der Waals surface area contributed by atoms with Crippen LogP contribution in [-0.2, 0) is 6.54 Å². The summed E-state index contributed by atoms with van der Waals surface area (Å²) in [4.78, 5) is 11.5. The van der Waals surface area contributed by atoms with E-state index in [-0.39, 0.29) is 24.0 Å². The van der Waals surface area contributed by atoms with E-state index in [9.17, 15) is 0 Å². The van der Waals surface area contributed by atoms with Gasteiger partial charge in [-0.25, -0.2) is 4.99 Å². The third-order valence-electron chi connectivity index (χ3n) is 5.46. The molecule has 2 N–H and O–H groups in total. The SMILES string of the molecule is CCNC(=NCc1noc(C)n1)NC1CCN(CC2CCCCC2)CC1.I. The predicted molar refractivity (Wildman–Crippen MR) is 118 cm³/mol. The zero-order valence-electron chi connectivity index (χ0n) is 16.7. The molecule has 2 aliphatic rings. The first-order valence-corrected chi connectivity index (χ1v) is 10.3. The van der Waals surface area contributed by atoms with E-state index in [2.05, 4.69) is 37.6 Å². The number of aliphatic imine (C=N–C) groups is 1. The molecule has 0 bridgehead atoms. The molecule has 2 fully saturated rings. The number of aromatic nitrogens is 2. The summed E-state index contributed by atoms with van der Waals surface area (Å²) in [6.07, 6.45) is 9.54. The fourth-order valence-corrected chi connectivity index (χ4v) is 4.06. The largest absolute Gasteiger partial charge is 0.357 e. The van der Waals surface area contributed by atoms with E-state index >= 15 is 0 Å². The fraction of sp³-hybridized carbons (Fsp3) is 0.842. The second kappa shape index (κ2) is 11.8. The van der Waals surface area contributed by atoms with E-state index in [0.29, 0.717) is 24.3 Å². The van der Waals surface area contributed by atoms with Crippen LogP contribution in [0.3, 0.4) is 0 Å². The van der Waals surface area contributed by atoms with Gasteiger partial charge in [-0.05, 0) is 38.5 Å². The Labute approximate surface area is 180 Å². The van der Waals surface area contributed by atoms with Crippen LogP contribution >= 0.6 is 24.0 Å². The minimum absolute atomic E-state index is 0. The van der Waals surface area contributed by atoms with Gasteiger partial charge in [0.1, 0.15) is 6.54 Å². The van der Waals surface area contributed by atoms with Gasteiger partial charge in [-0.2, -0.15) is 4.98 Å². The molecule has 8 heteroatoms. The average molecular weight is 490 g/mol. The van der Waals surface area contributed by atoms with Gasteiger partial charge in [0.15, 0.2) is 11.8 Å². The number of nitrogens with one attached hydrogen (secondary N) is 2. The van der Waals surface area contributed by atoms with Crippen LogP contribution < -0.4 is 10.6 Å². The molecule has 1 saturated carbocycles.